The smallest absolute Gasteiger partial charge is 0.276 e. The van der Waals surface area contributed by atoms with Gasteiger partial charge in [-0.05, 0) is 29.8 Å². The van der Waals surface area contributed by atoms with Crippen LogP contribution in [0.1, 0.15) is 15.9 Å². The molecule has 3 rings (SSSR count). The molecule has 142 valence electrons. The average molecular weight is 376 g/mol. The molecule has 2 N–H and O–H groups in total. The molecule has 0 aromatic heterocycles. The summed E-state index contributed by atoms with van der Waals surface area (Å²) < 4.78 is 11.1. The Morgan fingerprint density at radius 2 is 1.36 bits per heavy atom. The number of ether oxygens (including phenoxy) is 2. The Morgan fingerprint density at radius 1 is 0.714 bits per heavy atom. The van der Waals surface area contributed by atoms with Gasteiger partial charge in [-0.25, -0.2) is 0 Å². The minimum absolute atomic E-state index is 0.212. The van der Waals surface area contributed by atoms with E-state index in [1.807, 2.05) is 36.4 Å². The quantitative estimate of drug-likeness (QED) is 0.621. The van der Waals surface area contributed by atoms with Crippen LogP contribution < -0.4 is 20.3 Å². The van der Waals surface area contributed by atoms with Gasteiger partial charge in [0.05, 0.1) is 5.56 Å². The number of hydrogen-bond acceptors (Lipinski definition) is 4. The van der Waals surface area contributed by atoms with Crippen molar-refractivity contribution in [3.8, 4) is 11.5 Å². The van der Waals surface area contributed by atoms with Gasteiger partial charge in [0.25, 0.3) is 11.8 Å². The van der Waals surface area contributed by atoms with Gasteiger partial charge < -0.3 is 9.47 Å². The normalized spacial score (nSPS) is 10.0. The number of rotatable bonds is 7. The number of amides is 2. The molecule has 6 nitrogen and oxygen atoms in total. The second kappa shape index (κ2) is 9.78. The van der Waals surface area contributed by atoms with E-state index in [0.717, 1.165) is 5.56 Å². The first-order valence-electron chi connectivity index (χ1n) is 8.75. The van der Waals surface area contributed by atoms with E-state index < -0.39 is 11.8 Å². The van der Waals surface area contributed by atoms with E-state index in [9.17, 15) is 9.59 Å². The lowest BCUT2D eigenvalue weighted by Gasteiger charge is -2.12. The van der Waals surface area contributed by atoms with Gasteiger partial charge in [0.15, 0.2) is 6.61 Å². The van der Waals surface area contributed by atoms with E-state index in [4.69, 9.17) is 9.47 Å². The fourth-order valence-corrected chi connectivity index (χ4v) is 2.41. The Morgan fingerprint density at radius 3 is 2.11 bits per heavy atom. The van der Waals surface area contributed by atoms with Crippen molar-refractivity contribution in [3.63, 3.8) is 0 Å². The van der Waals surface area contributed by atoms with Crippen LogP contribution in [-0.2, 0) is 11.4 Å². The Bertz CT molecular complexity index is 914. The highest BCUT2D eigenvalue weighted by atomic mass is 16.5. The third kappa shape index (κ3) is 5.60. The molecule has 0 aliphatic heterocycles. The molecule has 0 fully saturated rings. The summed E-state index contributed by atoms with van der Waals surface area (Å²) in [5.74, 6) is 0.0545. The highest BCUT2D eigenvalue weighted by Crippen LogP contribution is 2.19. The molecule has 0 aliphatic carbocycles. The lowest BCUT2D eigenvalue weighted by Crippen LogP contribution is -2.43. The van der Waals surface area contributed by atoms with Crippen LogP contribution in [0.3, 0.4) is 0 Å². The van der Waals surface area contributed by atoms with Crippen molar-refractivity contribution in [1.29, 1.82) is 0 Å². The number of carbonyl (C=O) groups excluding carboxylic acids is 2. The molecule has 0 heterocycles. The Hall–Kier alpha value is -3.80. The zero-order chi connectivity index (χ0) is 19.6. The molecule has 0 spiro atoms. The van der Waals surface area contributed by atoms with Gasteiger partial charge in [0.2, 0.25) is 0 Å². The zero-order valence-electron chi connectivity index (χ0n) is 15.1. The average Bonchev–Trinajstić information content (AvgIpc) is 2.76. The molecule has 0 aliphatic rings. The summed E-state index contributed by atoms with van der Waals surface area (Å²) in [7, 11) is 0. The summed E-state index contributed by atoms with van der Waals surface area (Å²) in [6.07, 6.45) is 0. The molecule has 3 aromatic carbocycles. The predicted octanol–water partition coefficient (Wildman–Crippen LogP) is 3.11. The van der Waals surface area contributed by atoms with E-state index in [1.54, 1.807) is 48.5 Å². The minimum atomic E-state index is -0.475. The Balaban J connectivity index is 1.51. The van der Waals surface area contributed by atoms with Crippen molar-refractivity contribution >= 4 is 11.8 Å². The number of para-hydroxylation sites is 2. The van der Waals surface area contributed by atoms with Gasteiger partial charge in [-0.2, -0.15) is 0 Å². The van der Waals surface area contributed by atoms with Crippen molar-refractivity contribution in [2.75, 3.05) is 6.61 Å². The van der Waals surface area contributed by atoms with Gasteiger partial charge in [-0.15, -0.1) is 0 Å². The molecule has 0 atom stereocenters. The highest BCUT2D eigenvalue weighted by molar-refractivity contribution is 5.97. The van der Waals surface area contributed by atoms with E-state index in [0.29, 0.717) is 23.7 Å². The summed E-state index contributed by atoms with van der Waals surface area (Å²) in [4.78, 5) is 24.3. The molecular weight excluding hydrogens is 356 g/mol. The second-order valence-corrected chi connectivity index (χ2v) is 5.87. The molecule has 0 saturated heterocycles. The number of carbonyl (C=O) groups is 2. The first-order valence-corrected chi connectivity index (χ1v) is 8.75. The lowest BCUT2D eigenvalue weighted by atomic mass is 10.2. The first-order chi connectivity index (χ1) is 13.7. The van der Waals surface area contributed by atoms with Gasteiger partial charge in [0.1, 0.15) is 18.1 Å². The number of nitrogens with one attached hydrogen (secondary N) is 2. The maximum absolute atomic E-state index is 12.4. The topological polar surface area (TPSA) is 76.7 Å². The Labute approximate surface area is 163 Å². The summed E-state index contributed by atoms with van der Waals surface area (Å²) >= 11 is 0. The fourth-order valence-electron chi connectivity index (χ4n) is 2.41. The van der Waals surface area contributed by atoms with Gasteiger partial charge in [-0.1, -0.05) is 60.7 Å². The van der Waals surface area contributed by atoms with Crippen molar-refractivity contribution in [2.24, 2.45) is 0 Å². The van der Waals surface area contributed by atoms with E-state index in [1.165, 1.54) is 0 Å². The standard InChI is InChI=1S/C22H20N2O4/c25-21(16-27-18-11-5-2-6-12-18)23-24-22(26)19-13-7-8-14-20(19)28-15-17-9-3-1-4-10-17/h1-14H,15-16H2,(H,23,25)(H,24,26). The van der Waals surface area contributed by atoms with E-state index in [-0.39, 0.29) is 6.61 Å². The van der Waals surface area contributed by atoms with Crippen molar-refractivity contribution < 1.29 is 19.1 Å². The van der Waals surface area contributed by atoms with Gasteiger partial charge in [-0.3, -0.25) is 20.4 Å². The predicted molar refractivity (Wildman–Crippen MR) is 105 cm³/mol. The molecule has 6 heteroatoms. The summed E-state index contributed by atoms with van der Waals surface area (Å²) in [5, 5.41) is 0. The van der Waals surface area contributed by atoms with E-state index >= 15 is 0 Å². The van der Waals surface area contributed by atoms with Crippen LogP contribution in [-0.4, -0.2) is 18.4 Å². The summed E-state index contributed by atoms with van der Waals surface area (Å²) in [6, 6.07) is 25.4. The van der Waals surface area contributed by atoms with Crippen molar-refractivity contribution in [2.45, 2.75) is 6.61 Å². The summed E-state index contributed by atoms with van der Waals surface area (Å²) in [5.41, 5.74) is 6.02. The van der Waals surface area contributed by atoms with Gasteiger partial charge >= 0.3 is 0 Å². The maximum atomic E-state index is 12.4. The molecular formula is C22H20N2O4. The van der Waals surface area contributed by atoms with Crippen LogP contribution in [0.4, 0.5) is 0 Å². The van der Waals surface area contributed by atoms with Crippen LogP contribution in [0.15, 0.2) is 84.9 Å². The maximum Gasteiger partial charge on any atom is 0.276 e. The highest BCUT2D eigenvalue weighted by Gasteiger charge is 2.13. The molecule has 0 bridgehead atoms. The monoisotopic (exact) mass is 376 g/mol. The Kier molecular flexibility index (Phi) is 6.62. The van der Waals surface area contributed by atoms with Crippen molar-refractivity contribution in [3.05, 3.63) is 96.1 Å². The van der Waals surface area contributed by atoms with Crippen LogP contribution >= 0.6 is 0 Å². The van der Waals surface area contributed by atoms with Crippen LogP contribution in [0.2, 0.25) is 0 Å². The van der Waals surface area contributed by atoms with Crippen LogP contribution in [0, 0.1) is 0 Å². The molecule has 0 saturated carbocycles. The third-order valence-electron chi connectivity index (χ3n) is 3.80. The van der Waals surface area contributed by atoms with Crippen LogP contribution in [0.25, 0.3) is 0 Å². The van der Waals surface area contributed by atoms with Gasteiger partial charge in [0, 0.05) is 0 Å². The lowest BCUT2D eigenvalue weighted by molar-refractivity contribution is -0.123. The number of benzene rings is 3. The molecule has 0 radical (unpaired) electrons. The number of hydrazine groups is 1. The second-order valence-electron chi connectivity index (χ2n) is 5.87. The molecule has 0 unspecified atom stereocenters. The largest absolute Gasteiger partial charge is 0.488 e. The van der Waals surface area contributed by atoms with E-state index in [2.05, 4.69) is 10.9 Å². The van der Waals surface area contributed by atoms with Crippen molar-refractivity contribution in [1.82, 2.24) is 10.9 Å². The zero-order valence-corrected chi connectivity index (χ0v) is 15.1. The first kappa shape index (κ1) is 19.0. The van der Waals surface area contributed by atoms with Crippen LogP contribution in [0.5, 0.6) is 11.5 Å². The molecule has 28 heavy (non-hydrogen) atoms. The summed E-state index contributed by atoms with van der Waals surface area (Å²) in [6.45, 7) is 0.124. The molecule has 3 aromatic rings. The minimum Gasteiger partial charge on any atom is -0.488 e. The molecule has 2 amide bonds. The number of hydrogen-bond donors (Lipinski definition) is 2. The SMILES string of the molecule is O=C(COc1ccccc1)NNC(=O)c1ccccc1OCc1ccccc1. The fraction of sp³-hybridized carbons (Fsp3) is 0.0909. The third-order valence-corrected chi connectivity index (χ3v) is 3.80.